The van der Waals surface area contributed by atoms with E-state index in [1.54, 1.807) is 49.4 Å². The first-order valence-electron chi connectivity index (χ1n) is 10.2. The lowest BCUT2D eigenvalue weighted by Gasteiger charge is -2.30. The average Bonchev–Trinajstić information content (AvgIpc) is 2.76. The number of hydrogen-bond acceptors (Lipinski definition) is 5. The fraction of sp³-hybridized carbons (Fsp3) is 0.364. The molecule has 0 atom stereocenters. The number of ether oxygens (including phenoxy) is 1. The Morgan fingerprint density at radius 1 is 1.09 bits per heavy atom. The number of sulfonamides is 1. The summed E-state index contributed by atoms with van der Waals surface area (Å²) in [6.07, 6.45) is 0.766. The summed E-state index contributed by atoms with van der Waals surface area (Å²) in [6, 6.07) is 11.4. The highest BCUT2D eigenvalue weighted by molar-refractivity contribution is 7.88. The van der Waals surface area contributed by atoms with Gasteiger partial charge in [0.05, 0.1) is 33.7 Å². The molecule has 0 radical (unpaired) electrons. The SMILES string of the molecule is CCOC(=O)c1ccccc1NC(=O)C1CCN(S(=O)(=O)Cc2ccc(Cl)c(Cl)c2)CC1. The number of para-hydroxylation sites is 1. The minimum Gasteiger partial charge on any atom is -0.462 e. The first kappa shape index (κ1) is 24.5. The van der Waals surface area contributed by atoms with Crippen LogP contribution in [0, 0.1) is 5.92 Å². The van der Waals surface area contributed by atoms with Gasteiger partial charge in [-0.05, 0) is 49.6 Å². The van der Waals surface area contributed by atoms with E-state index in [9.17, 15) is 18.0 Å². The van der Waals surface area contributed by atoms with E-state index in [1.807, 2.05) is 0 Å². The summed E-state index contributed by atoms with van der Waals surface area (Å²) in [4.78, 5) is 24.9. The third-order valence-corrected chi connectivity index (χ3v) is 7.82. The van der Waals surface area contributed by atoms with Crippen molar-refractivity contribution in [3.05, 3.63) is 63.6 Å². The van der Waals surface area contributed by atoms with Gasteiger partial charge in [0, 0.05) is 19.0 Å². The Morgan fingerprint density at radius 2 is 1.78 bits per heavy atom. The van der Waals surface area contributed by atoms with Gasteiger partial charge in [0.25, 0.3) is 0 Å². The van der Waals surface area contributed by atoms with Crippen LogP contribution in [0.4, 0.5) is 5.69 Å². The molecule has 10 heteroatoms. The number of rotatable bonds is 7. The number of benzene rings is 2. The second-order valence-electron chi connectivity index (χ2n) is 7.43. The topological polar surface area (TPSA) is 92.8 Å². The predicted octanol–water partition coefficient (Wildman–Crippen LogP) is 4.35. The highest BCUT2D eigenvalue weighted by atomic mass is 35.5. The summed E-state index contributed by atoms with van der Waals surface area (Å²) in [5.74, 6) is -1.30. The molecule has 0 saturated carbocycles. The number of carbonyl (C=O) groups excluding carboxylic acids is 2. The molecule has 2 aromatic rings. The smallest absolute Gasteiger partial charge is 0.340 e. The molecule has 0 unspecified atom stereocenters. The van der Waals surface area contributed by atoms with Gasteiger partial charge in [-0.3, -0.25) is 4.79 Å². The van der Waals surface area contributed by atoms with Crippen molar-refractivity contribution in [1.82, 2.24) is 4.31 Å². The van der Waals surface area contributed by atoms with Gasteiger partial charge in [0.1, 0.15) is 0 Å². The van der Waals surface area contributed by atoms with Gasteiger partial charge in [0.15, 0.2) is 0 Å². The molecule has 1 fully saturated rings. The van der Waals surface area contributed by atoms with E-state index in [2.05, 4.69) is 5.32 Å². The summed E-state index contributed by atoms with van der Waals surface area (Å²) in [7, 11) is -3.56. The van der Waals surface area contributed by atoms with Crippen molar-refractivity contribution < 1.29 is 22.7 Å². The zero-order chi connectivity index (χ0) is 23.3. The molecule has 32 heavy (non-hydrogen) atoms. The maximum absolute atomic E-state index is 12.8. The summed E-state index contributed by atoms with van der Waals surface area (Å²) in [6.45, 7) is 2.42. The van der Waals surface area contributed by atoms with E-state index in [4.69, 9.17) is 27.9 Å². The molecule has 2 aromatic carbocycles. The van der Waals surface area contributed by atoms with Crippen LogP contribution in [0.25, 0.3) is 0 Å². The van der Waals surface area contributed by atoms with Crippen LogP contribution in [0.5, 0.6) is 0 Å². The lowest BCUT2D eigenvalue weighted by atomic mass is 9.97. The first-order valence-corrected chi connectivity index (χ1v) is 12.6. The molecule has 172 valence electrons. The van der Waals surface area contributed by atoms with Gasteiger partial charge in [-0.15, -0.1) is 0 Å². The van der Waals surface area contributed by atoms with Gasteiger partial charge >= 0.3 is 5.97 Å². The lowest BCUT2D eigenvalue weighted by Crippen LogP contribution is -2.42. The highest BCUT2D eigenvalue weighted by Gasteiger charge is 2.31. The van der Waals surface area contributed by atoms with Gasteiger partial charge in [-0.2, -0.15) is 0 Å². The minimum absolute atomic E-state index is 0.187. The van der Waals surface area contributed by atoms with Crippen LogP contribution < -0.4 is 5.32 Å². The van der Waals surface area contributed by atoms with E-state index < -0.39 is 16.0 Å². The van der Waals surface area contributed by atoms with Crippen LogP contribution in [0.2, 0.25) is 10.0 Å². The number of esters is 1. The Kier molecular flexibility index (Phi) is 8.16. The Morgan fingerprint density at radius 3 is 2.44 bits per heavy atom. The fourth-order valence-electron chi connectivity index (χ4n) is 3.54. The molecule has 7 nitrogen and oxygen atoms in total. The summed E-state index contributed by atoms with van der Waals surface area (Å²) < 4.78 is 32.0. The van der Waals surface area contributed by atoms with Crippen molar-refractivity contribution in [3.8, 4) is 0 Å². The Hall–Kier alpha value is -2.13. The molecule has 1 saturated heterocycles. The molecule has 0 bridgehead atoms. The highest BCUT2D eigenvalue weighted by Crippen LogP contribution is 2.27. The Labute approximate surface area is 197 Å². The number of nitrogens with one attached hydrogen (secondary N) is 1. The number of nitrogens with zero attached hydrogens (tertiary/aromatic N) is 1. The number of halogens is 2. The van der Waals surface area contributed by atoms with Crippen LogP contribution in [-0.2, 0) is 25.3 Å². The van der Waals surface area contributed by atoms with Crippen molar-refractivity contribution in [3.63, 3.8) is 0 Å². The lowest BCUT2D eigenvalue weighted by molar-refractivity contribution is -0.120. The van der Waals surface area contributed by atoms with Crippen LogP contribution in [0.15, 0.2) is 42.5 Å². The molecule has 0 spiro atoms. The van der Waals surface area contributed by atoms with Crippen LogP contribution in [0.3, 0.4) is 0 Å². The molecule has 0 aliphatic carbocycles. The van der Waals surface area contributed by atoms with E-state index >= 15 is 0 Å². The minimum atomic E-state index is -3.56. The number of amides is 1. The molecule has 1 aliphatic rings. The van der Waals surface area contributed by atoms with Gasteiger partial charge in [-0.25, -0.2) is 17.5 Å². The predicted molar refractivity (Wildman–Crippen MR) is 124 cm³/mol. The van der Waals surface area contributed by atoms with Gasteiger partial charge in [0.2, 0.25) is 15.9 Å². The van der Waals surface area contributed by atoms with Crippen molar-refractivity contribution in [2.45, 2.75) is 25.5 Å². The third kappa shape index (κ3) is 6.01. The van der Waals surface area contributed by atoms with Gasteiger partial charge in [-0.1, -0.05) is 41.4 Å². The van der Waals surface area contributed by atoms with Crippen molar-refractivity contribution >= 4 is 50.8 Å². The zero-order valence-corrected chi connectivity index (χ0v) is 19.8. The van der Waals surface area contributed by atoms with Crippen molar-refractivity contribution in [2.75, 3.05) is 25.0 Å². The maximum Gasteiger partial charge on any atom is 0.340 e. The molecule has 0 aromatic heterocycles. The van der Waals surface area contributed by atoms with Crippen LogP contribution in [0.1, 0.15) is 35.7 Å². The first-order chi connectivity index (χ1) is 15.2. The van der Waals surface area contributed by atoms with E-state index in [0.717, 1.165) is 0 Å². The molecule has 3 rings (SSSR count). The number of piperidine rings is 1. The number of carbonyl (C=O) groups is 2. The Bertz CT molecular complexity index is 1100. The third-order valence-electron chi connectivity index (χ3n) is 5.23. The molecular weight excluding hydrogens is 475 g/mol. The van der Waals surface area contributed by atoms with Gasteiger partial charge < -0.3 is 10.1 Å². The summed E-state index contributed by atoms with van der Waals surface area (Å²) in [5, 5.41) is 3.46. The van der Waals surface area contributed by atoms with Crippen LogP contribution in [-0.4, -0.2) is 44.3 Å². The second kappa shape index (κ2) is 10.7. The monoisotopic (exact) mass is 498 g/mol. The molecule has 1 aliphatic heterocycles. The molecule has 1 heterocycles. The molecular formula is C22H24Cl2N2O5S. The number of hydrogen-bond donors (Lipinski definition) is 1. The van der Waals surface area contributed by atoms with Crippen molar-refractivity contribution in [1.29, 1.82) is 0 Å². The normalized spacial score (nSPS) is 15.3. The standard InChI is InChI=1S/C22H24Cl2N2O5S/c1-2-31-22(28)17-5-3-4-6-20(17)25-21(27)16-9-11-26(12-10-16)32(29,30)14-15-7-8-18(23)19(24)13-15/h3-8,13,16H,2,9-12,14H2,1H3,(H,25,27). The maximum atomic E-state index is 12.8. The molecule has 1 amide bonds. The Balaban J connectivity index is 1.60. The average molecular weight is 499 g/mol. The van der Waals surface area contributed by atoms with Crippen LogP contribution >= 0.6 is 23.2 Å². The van der Waals surface area contributed by atoms with E-state index in [0.29, 0.717) is 34.1 Å². The fourth-order valence-corrected chi connectivity index (χ4v) is 5.41. The van der Waals surface area contributed by atoms with Crippen molar-refractivity contribution in [2.24, 2.45) is 5.92 Å². The molecule has 1 N–H and O–H groups in total. The zero-order valence-electron chi connectivity index (χ0n) is 17.5. The van der Waals surface area contributed by atoms with E-state index in [1.165, 1.54) is 4.31 Å². The summed E-state index contributed by atoms with van der Waals surface area (Å²) >= 11 is 11.9. The summed E-state index contributed by atoms with van der Waals surface area (Å²) in [5.41, 5.74) is 1.21. The quantitative estimate of drug-likeness (QED) is 0.572. The van der Waals surface area contributed by atoms with E-state index in [-0.39, 0.29) is 42.8 Å². The second-order valence-corrected chi connectivity index (χ2v) is 10.2. The number of anilines is 1. The largest absolute Gasteiger partial charge is 0.462 e.